The second-order valence-corrected chi connectivity index (χ2v) is 7.82. The standard InChI is InChI=1S/C24H24N4O3S/c1-3-16(11-15-13-26-21-10-5-4-9-19(15)21)25-14-20-22(29)27-24(32)28(23(20)30)17-7-6-8-18(12-17)31-2/h4-10,12-14,16,26,30H,3,11H2,1-2H3,(H,27,29,32). The summed E-state index contributed by atoms with van der Waals surface area (Å²) in [6, 6.07) is 15.1. The summed E-state index contributed by atoms with van der Waals surface area (Å²) in [6.07, 6.45) is 4.92. The molecule has 8 heteroatoms. The van der Waals surface area contributed by atoms with Crippen LogP contribution in [0.3, 0.4) is 0 Å². The van der Waals surface area contributed by atoms with Crippen LogP contribution in [0, 0.1) is 4.77 Å². The quantitative estimate of drug-likeness (QED) is 0.286. The molecule has 0 aliphatic rings. The zero-order valence-electron chi connectivity index (χ0n) is 17.8. The highest BCUT2D eigenvalue weighted by Crippen LogP contribution is 2.23. The van der Waals surface area contributed by atoms with Crippen LogP contribution >= 0.6 is 12.2 Å². The first kappa shape index (κ1) is 21.6. The van der Waals surface area contributed by atoms with Crippen LogP contribution in [0.25, 0.3) is 16.6 Å². The van der Waals surface area contributed by atoms with Crippen LogP contribution in [-0.2, 0) is 6.42 Å². The zero-order valence-corrected chi connectivity index (χ0v) is 18.6. The van der Waals surface area contributed by atoms with Gasteiger partial charge in [-0.2, -0.15) is 0 Å². The van der Waals surface area contributed by atoms with Gasteiger partial charge in [-0.25, -0.2) is 0 Å². The van der Waals surface area contributed by atoms with Crippen LogP contribution in [0.4, 0.5) is 0 Å². The molecular formula is C24H24N4O3S. The second kappa shape index (κ2) is 9.23. The highest BCUT2D eigenvalue weighted by Gasteiger charge is 2.15. The van der Waals surface area contributed by atoms with E-state index in [0.29, 0.717) is 17.9 Å². The molecule has 1 atom stereocenters. The number of aromatic amines is 2. The normalized spacial score (nSPS) is 12.4. The van der Waals surface area contributed by atoms with E-state index in [4.69, 9.17) is 17.0 Å². The van der Waals surface area contributed by atoms with Crippen LogP contribution in [0.5, 0.6) is 11.6 Å². The summed E-state index contributed by atoms with van der Waals surface area (Å²) < 4.78 is 6.73. The minimum absolute atomic E-state index is 0.0542. The molecular weight excluding hydrogens is 424 g/mol. The van der Waals surface area contributed by atoms with Crippen molar-refractivity contribution in [3.05, 3.63) is 81.0 Å². The Hall–Kier alpha value is -3.65. The van der Waals surface area contributed by atoms with Crippen molar-refractivity contribution in [1.82, 2.24) is 14.5 Å². The number of aromatic nitrogens is 3. The summed E-state index contributed by atoms with van der Waals surface area (Å²) in [4.78, 5) is 23.1. The molecule has 2 aromatic heterocycles. The van der Waals surface area contributed by atoms with Crippen molar-refractivity contribution in [2.75, 3.05) is 7.11 Å². The summed E-state index contributed by atoms with van der Waals surface area (Å²) in [5.74, 6) is 0.340. The van der Waals surface area contributed by atoms with Gasteiger partial charge in [-0.15, -0.1) is 0 Å². The maximum absolute atomic E-state index is 12.5. The predicted octanol–water partition coefficient (Wildman–Crippen LogP) is 4.53. The number of nitrogens with zero attached hydrogens (tertiary/aromatic N) is 2. The minimum atomic E-state index is -0.489. The lowest BCUT2D eigenvalue weighted by Gasteiger charge is -2.13. The van der Waals surface area contributed by atoms with Gasteiger partial charge in [-0.3, -0.25) is 19.3 Å². The van der Waals surface area contributed by atoms with Crippen LogP contribution in [0.2, 0.25) is 0 Å². The molecule has 32 heavy (non-hydrogen) atoms. The van der Waals surface area contributed by atoms with Gasteiger partial charge in [0.1, 0.15) is 11.3 Å². The molecule has 0 bridgehead atoms. The summed E-state index contributed by atoms with van der Waals surface area (Å²) in [6.45, 7) is 2.05. The number of hydrogen-bond acceptors (Lipinski definition) is 5. The fourth-order valence-electron chi connectivity index (χ4n) is 3.68. The molecule has 0 amide bonds. The summed E-state index contributed by atoms with van der Waals surface area (Å²) in [5, 5.41) is 12.1. The van der Waals surface area contributed by atoms with Crippen LogP contribution < -0.4 is 10.3 Å². The van der Waals surface area contributed by atoms with Crippen molar-refractivity contribution in [3.8, 4) is 17.3 Å². The van der Waals surface area contributed by atoms with E-state index in [0.717, 1.165) is 22.9 Å². The van der Waals surface area contributed by atoms with Crippen LogP contribution in [0.15, 0.2) is 64.5 Å². The Morgan fingerprint density at radius 2 is 2.06 bits per heavy atom. The Labute approximate surface area is 190 Å². The van der Waals surface area contributed by atoms with Crippen molar-refractivity contribution >= 4 is 29.3 Å². The molecule has 0 spiro atoms. The van der Waals surface area contributed by atoms with Gasteiger partial charge < -0.3 is 14.8 Å². The van der Waals surface area contributed by atoms with Gasteiger partial charge in [-0.1, -0.05) is 31.2 Å². The maximum Gasteiger partial charge on any atom is 0.264 e. The first-order valence-electron chi connectivity index (χ1n) is 10.3. The zero-order chi connectivity index (χ0) is 22.7. The Morgan fingerprint density at radius 1 is 1.25 bits per heavy atom. The third-order valence-corrected chi connectivity index (χ3v) is 5.73. The first-order valence-corrected chi connectivity index (χ1v) is 10.7. The maximum atomic E-state index is 12.5. The number of aromatic hydroxyl groups is 1. The fourth-order valence-corrected chi connectivity index (χ4v) is 3.97. The lowest BCUT2D eigenvalue weighted by atomic mass is 10.0. The molecule has 2 aromatic carbocycles. The van der Waals surface area contributed by atoms with Crippen molar-refractivity contribution < 1.29 is 9.84 Å². The van der Waals surface area contributed by atoms with E-state index in [9.17, 15) is 9.90 Å². The highest BCUT2D eigenvalue weighted by molar-refractivity contribution is 7.71. The fraction of sp³-hybridized carbons (Fsp3) is 0.208. The first-order chi connectivity index (χ1) is 15.5. The van der Waals surface area contributed by atoms with E-state index in [1.54, 1.807) is 31.4 Å². The number of aliphatic imine (C=N–C) groups is 1. The lowest BCUT2D eigenvalue weighted by molar-refractivity contribution is 0.413. The largest absolute Gasteiger partial charge is 0.497 e. The van der Waals surface area contributed by atoms with Crippen molar-refractivity contribution in [3.63, 3.8) is 0 Å². The molecule has 0 saturated heterocycles. The third-order valence-electron chi connectivity index (χ3n) is 5.45. The smallest absolute Gasteiger partial charge is 0.264 e. The molecule has 3 N–H and O–H groups in total. The number of fused-ring (bicyclic) bond motifs is 1. The molecule has 0 saturated carbocycles. The summed E-state index contributed by atoms with van der Waals surface area (Å²) in [7, 11) is 1.56. The van der Waals surface area contributed by atoms with Gasteiger partial charge in [0.05, 0.1) is 18.8 Å². The predicted molar refractivity (Wildman–Crippen MR) is 129 cm³/mol. The average Bonchev–Trinajstić information content (AvgIpc) is 3.20. The number of nitrogens with one attached hydrogen (secondary N) is 2. The molecule has 4 aromatic rings. The number of hydrogen-bond donors (Lipinski definition) is 3. The SMILES string of the molecule is CCC(Cc1c[nH]c2ccccc12)N=Cc1c(O)n(-c2cccc(OC)c2)c(=S)[nH]c1=O. The van der Waals surface area contributed by atoms with Gasteiger partial charge in [0.2, 0.25) is 5.88 Å². The highest BCUT2D eigenvalue weighted by atomic mass is 32.1. The van der Waals surface area contributed by atoms with E-state index in [1.165, 1.54) is 10.8 Å². The monoisotopic (exact) mass is 448 g/mol. The molecule has 0 fully saturated rings. The number of para-hydroxylation sites is 1. The van der Waals surface area contributed by atoms with E-state index in [-0.39, 0.29) is 22.3 Å². The Kier molecular flexibility index (Phi) is 6.23. The van der Waals surface area contributed by atoms with Crippen LogP contribution in [0.1, 0.15) is 24.5 Å². The van der Waals surface area contributed by atoms with Crippen molar-refractivity contribution in [1.29, 1.82) is 0 Å². The Bertz CT molecular complexity index is 1400. The van der Waals surface area contributed by atoms with Crippen LogP contribution in [-0.4, -0.2) is 39.0 Å². The summed E-state index contributed by atoms with van der Waals surface area (Å²) in [5.41, 5.74) is 2.38. The number of ether oxygens (including phenoxy) is 1. The van der Waals surface area contributed by atoms with E-state index in [2.05, 4.69) is 21.0 Å². The molecule has 1 unspecified atom stereocenters. The van der Waals surface area contributed by atoms with Gasteiger partial charge in [0, 0.05) is 29.4 Å². The Morgan fingerprint density at radius 3 is 2.84 bits per heavy atom. The van der Waals surface area contributed by atoms with E-state index >= 15 is 0 Å². The average molecular weight is 449 g/mol. The molecule has 0 radical (unpaired) electrons. The van der Waals surface area contributed by atoms with E-state index < -0.39 is 5.56 Å². The molecule has 0 aliphatic heterocycles. The minimum Gasteiger partial charge on any atom is -0.497 e. The molecule has 4 rings (SSSR count). The second-order valence-electron chi connectivity index (χ2n) is 7.44. The number of methoxy groups -OCH3 is 1. The molecule has 0 aliphatic carbocycles. The molecule has 164 valence electrons. The van der Waals surface area contributed by atoms with Crippen molar-refractivity contribution in [2.45, 2.75) is 25.8 Å². The Balaban J connectivity index is 1.68. The molecule has 7 nitrogen and oxygen atoms in total. The lowest BCUT2D eigenvalue weighted by Crippen LogP contribution is -2.19. The number of rotatable bonds is 7. The van der Waals surface area contributed by atoms with E-state index in [1.807, 2.05) is 31.3 Å². The van der Waals surface area contributed by atoms with Gasteiger partial charge >= 0.3 is 0 Å². The van der Waals surface area contributed by atoms with Gasteiger partial charge in [0.15, 0.2) is 4.77 Å². The van der Waals surface area contributed by atoms with Gasteiger partial charge in [0.25, 0.3) is 5.56 Å². The number of H-pyrrole nitrogens is 2. The number of benzene rings is 2. The molecule has 2 heterocycles. The third kappa shape index (κ3) is 4.22. The topological polar surface area (TPSA) is 95.4 Å². The van der Waals surface area contributed by atoms with Crippen molar-refractivity contribution in [2.24, 2.45) is 4.99 Å². The summed E-state index contributed by atoms with van der Waals surface area (Å²) >= 11 is 5.29. The van der Waals surface area contributed by atoms with Gasteiger partial charge in [-0.05, 0) is 48.8 Å².